The van der Waals surface area contributed by atoms with Gasteiger partial charge in [-0.1, -0.05) is 51.3 Å². The molecule has 2 aromatic carbocycles. The van der Waals surface area contributed by atoms with Gasteiger partial charge < -0.3 is 8.92 Å². The molecule has 0 saturated heterocycles. The molecule has 0 spiro atoms. The first-order valence-corrected chi connectivity index (χ1v) is 8.81. The molecule has 0 aliphatic heterocycles. The fourth-order valence-corrected chi connectivity index (χ4v) is 2.76. The average Bonchev–Trinajstić information content (AvgIpc) is 2.56. The third kappa shape index (κ3) is 4.06. The topological polar surface area (TPSA) is 52.6 Å². The van der Waals surface area contributed by atoms with Crippen LogP contribution in [0.2, 0.25) is 0 Å². The Kier molecular flexibility index (Phi) is 5.14. The average molecular weight is 344 g/mol. The van der Waals surface area contributed by atoms with Crippen LogP contribution in [0.4, 0.5) is 0 Å². The van der Waals surface area contributed by atoms with Gasteiger partial charge in [0.25, 0.3) is 0 Å². The molecule has 0 bridgehead atoms. The SMILES string of the molecule is C=COc1ccc(C(C)(C)c2ccc(OS(=O)(=O)C=C)cc2)cc1. The Morgan fingerprint density at radius 3 is 1.75 bits per heavy atom. The highest BCUT2D eigenvalue weighted by Gasteiger charge is 2.23. The first-order chi connectivity index (χ1) is 11.3. The van der Waals surface area contributed by atoms with Crippen molar-refractivity contribution in [3.63, 3.8) is 0 Å². The van der Waals surface area contributed by atoms with Gasteiger partial charge in [-0.05, 0) is 35.4 Å². The van der Waals surface area contributed by atoms with Gasteiger partial charge in [-0.15, -0.1) is 0 Å². The molecular weight excluding hydrogens is 324 g/mol. The lowest BCUT2D eigenvalue weighted by Crippen LogP contribution is -2.18. The van der Waals surface area contributed by atoms with E-state index in [1.54, 1.807) is 12.1 Å². The van der Waals surface area contributed by atoms with Crippen molar-refractivity contribution in [1.82, 2.24) is 0 Å². The minimum atomic E-state index is -3.74. The van der Waals surface area contributed by atoms with Crippen molar-refractivity contribution >= 4 is 10.1 Å². The summed E-state index contributed by atoms with van der Waals surface area (Å²) in [5.74, 6) is 0.979. The normalized spacial score (nSPS) is 11.6. The Balaban J connectivity index is 2.25. The first kappa shape index (κ1) is 17.8. The summed E-state index contributed by atoms with van der Waals surface area (Å²) in [4.78, 5) is 0. The van der Waals surface area contributed by atoms with E-state index in [1.807, 2.05) is 36.4 Å². The van der Waals surface area contributed by atoms with Crippen molar-refractivity contribution < 1.29 is 17.3 Å². The van der Waals surface area contributed by atoms with Crippen molar-refractivity contribution in [2.24, 2.45) is 0 Å². The summed E-state index contributed by atoms with van der Waals surface area (Å²) in [5.41, 5.74) is 1.87. The zero-order valence-electron chi connectivity index (χ0n) is 13.7. The monoisotopic (exact) mass is 344 g/mol. The van der Waals surface area contributed by atoms with Gasteiger partial charge in [0.15, 0.2) is 0 Å². The summed E-state index contributed by atoms with van der Waals surface area (Å²) in [5, 5.41) is 0.776. The van der Waals surface area contributed by atoms with E-state index in [0.29, 0.717) is 0 Å². The van der Waals surface area contributed by atoms with E-state index in [-0.39, 0.29) is 11.2 Å². The maximum absolute atomic E-state index is 11.4. The second kappa shape index (κ2) is 6.93. The van der Waals surface area contributed by atoms with Crippen LogP contribution in [0.3, 0.4) is 0 Å². The number of hydrogen-bond donors (Lipinski definition) is 0. The Labute approximate surface area is 143 Å². The maximum atomic E-state index is 11.4. The lowest BCUT2D eigenvalue weighted by Gasteiger charge is -2.26. The second-order valence-electron chi connectivity index (χ2n) is 5.70. The fraction of sp³-hybridized carbons (Fsp3) is 0.158. The fourth-order valence-electron chi connectivity index (χ4n) is 2.31. The van der Waals surface area contributed by atoms with E-state index in [4.69, 9.17) is 8.92 Å². The van der Waals surface area contributed by atoms with Crippen LogP contribution in [0.1, 0.15) is 25.0 Å². The molecular formula is C19H20O4S. The number of hydrogen-bond acceptors (Lipinski definition) is 4. The van der Waals surface area contributed by atoms with Gasteiger partial charge in [0, 0.05) is 5.41 Å². The molecule has 0 unspecified atom stereocenters. The minimum Gasteiger partial charge on any atom is -0.466 e. The molecule has 0 heterocycles. The molecule has 0 N–H and O–H groups in total. The van der Waals surface area contributed by atoms with Crippen molar-refractivity contribution in [3.8, 4) is 11.5 Å². The zero-order valence-corrected chi connectivity index (χ0v) is 14.5. The number of rotatable bonds is 7. The van der Waals surface area contributed by atoms with E-state index in [9.17, 15) is 8.42 Å². The van der Waals surface area contributed by atoms with E-state index in [2.05, 4.69) is 27.0 Å². The lowest BCUT2D eigenvalue weighted by atomic mass is 9.78. The summed E-state index contributed by atoms with van der Waals surface area (Å²) in [6.07, 6.45) is 1.39. The third-order valence-electron chi connectivity index (χ3n) is 3.79. The van der Waals surface area contributed by atoms with E-state index >= 15 is 0 Å². The van der Waals surface area contributed by atoms with Crippen LogP contribution in [-0.4, -0.2) is 8.42 Å². The van der Waals surface area contributed by atoms with Gasteiger partial charge in [0.1, 0.15) is 11.5 Å². The largest absolute Gasteiger partial charge is 0.466 e. The van der Waals surface area contributed by atoms with Gasteiger partial charge in [-0.3, -0.25) is 0 Å². The van der Waals surface area contributed by atoms with Crippen LogP contribution < -0.4 is 8.92 Å². The summed E-state index contributed by atoms with van der Waals surface area (Å²) in [6.45, 7) is 10.9. The van der Waals surface area contributed by atoms with Crippen LogP contribution in [-0.2, 0) is 15.5 Å². The quantitative estimate of drug-likeness (QED) is 0.552. The lowest BCUT2D eigenvalue weighted by molar-refractivity contribution is 0.482. The molecule has 4 nitrogen and oxygen atoms in total. The van der Waals surface area contributed by atoms with E-state index in [1.165, 1.54) is 6.26 Å². The molecule has 0 atom stereocenters. The Hall–Kier alpha value is -2.53. The Morgan fingerprint density at radius 1 is 0.875 bits per heavy atom. The highest BCUT2D eigenvalue weighted by Crippen LogP contribution is 2.33. The van der Waals surface area contributed by atoms with Gasteiger partial charge in [0.2, 0.25) is 0 Å². The Bertz CT molecular complexity index is 817. The van der Waals surface area contributed by atoms with Crippen LogP contribution in [0.25, 0.3) is 0 Å². The van der Waals surface area contributed by atoms with Crippen LogP contribution in [0.15, 0.2) is 73.4 Å². The second-order valence-corrected chi connectivity index (χ2v) is 7.19. The van der Waals surface area contributed by atoms with Crippen LogP contribution in [0, 0.1) is 0 Å². The van der Waals surface area contributed by atoms with Gasteiger partial charge >= 0.3 is 10.1 Å². The van der Waals surface area contributed by atoms with Crippen molar-refractivity contribution in [1.29, 1.82) is 0 Å². The van der Waals surface area contributed by atoms with E-state index < -0.39 is 10.1 Å². The van der Waals surface area contributed by atoms with Crippen molar-refractivity contribution in [2.75, 3.05) is 0 Å². The maximum Gasteiger partial charge on any atom is 0.331 e. The van der Waals surface area contributed by atoms with Crippen molar-refractivity contribution in [3.05, 3.63) is 84.5 Å². The summed E-state index contributed by atoms with van der Waals surface area (Å²) < 4.78 is 32.9. The number of benzene rings is 2. The molecule has 0 saturated carbocycles. The van der Waals surface area contributed by atoms with Gasteiger partial charge in [-0.25, -0.2) is 0 Å². The molecule has 0 aliphatic carbocycles. The molecule has 0 radical (unpaired) electrons. The smallest absolute Gasteiger partial charge is 0.331 e. The van der Waals surface area contributed by atoms with Crippen molar-refractivity contribution in [2.45, 2.75) is 19.3 Å². The molecule has 5 heteroatoms. The first-order valence-electron chi connectivity index (χ1n) is 7.34. The predicted molar refractivity (Wildman–Crippen MR) is 95.6 cm³/mol. The molecule has 2 rings (SSSR count). The summed E-state index contributed by atoms with van der Waals surface area (Å²) >= 11 is 0. The molecule has 24 heavy (non-hydrogen) atoms. The molecule has 0 amide bonds. The minimum absolute atomic E-state index is 0.254. The zero-order chi connectivity index (χ0) is 17.8. The van der Waals surface area contributed by atoms with E-state index in [0.717, 1.165) is 22.3 Å². The molecule has 0 fully saturated rings. The van der Waals surface area contributed by atoms with Gasteiger partial charge in [-0.2, -0.15) is 8.42 Å². The predicted octanol–water partition coefficient (Wildman–Crippen LogP) is 4.39. The van der Waals surface area contributed by atoms with Crippen LogP contribution >= 0.6 is 0 Å². The summed E-state index contributed by atoms with van der Waals surface area (Å²) in [6, 6.07) is 14.7. The highest BCUT2D eigenvalue weighted by atomic mass is 32.2. The third-order valence-corrected chi connectivity index (χ3v) is 4.62. The van der Waals surface area contributed by atoms with Crippen LogP contribution in [0.5, 0.6) is 11.5 Å². The molecule has 0 aliphatic rings. The standard InChI is InChI=1S/C19H20O4S/c1-5-22-17-11-7-15(8-12-17)19(3,4)16-9-13-18(14-10-16)23-24(20,21)6-2/h5-14H,1-2H2,3-4H3. The Morgan fingerprint density at radius 2 is 1.33 bits per heavy atom. The number of ether oxygens (including phenoxy) is 1. The summed E-state index contributed by atoms with van der Waals surface area (Å²) in [7, 11) is -3.74. The molecule has 126 valence electrons. The molecule has 2 aromatic rings. The highest BCUT2D eigenvalue weighted by molar-refractivity contribution is 7.90. The molecule has 0 aromatic heterocycles. The van der Waals surface area contributed by atoms with Gasteiger partial charge in [0.05, 0.1) is 11.7 Å².